The van der Waals surface area contributed by atoms with E-state index in [1.165, 1.54) is 0 Å². The van der Waals surface area contributed by atoms with Crippen molar-refractivity contribution in [3.63, 3.8) is 0 Å². The average Bonchev–Trinajstić information content (AvgIpc) is 2.56. The smallest absolute Gasteiger partial charge is 0.307 e. The molecule has 0 aromatic carbocycles. The lowest BCUT2D eigenvalue weighted by Crippen LogP contribution is -2.19. The van der Waals surface area contributed by atoms with E-state index in [0.717, 1.165) is 17.8 Å². The lowest BCUT2D eigenvalue weighted by atomic mass is 10.2. The van der Waals surface area contributed by atoms with E-state index in [2.05, 4.69) is 10.4 Å². The van der Waals surface area contributed by atoms with Gasteiger partial charge in [0.05, 0.1) is 19.2 Å². The summed E-state index contributed by atoms with van der Waals surface area (Å²) in [5.74, 6) is -0.155. The molecule has 16 heavy (non-hydrogen) atoms. The fourth-order valence-corrected chi connectivity index (χ4v) is 1.36. The van der Waals surface area contributed by atoms with Crippen LogP contribution in [0.2, 0.25) is 0 Å². The molecular weight excluding hydrogens is 206 g/mol. The van der Waals surface area contributed by atoms with Gasteiger partial charge in [0, 0.05) is 31.4 Å². The molecule has 1 rings (SSSR count). The van der Waals surface area contributed by atoms with Crippen molar-refractivity contribution in [2.75, 3.05) is 13.2 Å². The van der Waals surface area contributed by atoms with Crippen molar-refractivity contribution in [2.24, 2.45) is 7.05 Å². The highest BCUT2D eigenvalue weighted by Crippen LogP contribution is 2.04. The number of aromatic nitrogens is 2. The van der Waals surface area contributed by atoms with Gasteiger partial charge in [0.25, 0.3) is 0 Å². The van der Waals surface area contributed by atoms with Crippen LogP contribution in [0.25, 0.3) is 0 Å². The third-order valence-corrected chi connectivity index (χ3v) is 2.46. The van der Waals surface area contributed by atoms with E-state index in [1.807, 2.05) is 31.8 Å². The van der Waals surface area contributed by atoms with Gasteiger partial charge in [-0.05, 0) is 13.8 Å². The first kappa shape index (κ1) is 12.7. The SMILES string of the molecule is CCOC(=O)CCNCc1cnn(C)c1C. The quantitative estimate of drug-likeness (QED) is 0.574. The second-order valence-electron chi connectivity index (χ2n) is 3.61. The number of hydrogen-bond donors (Lipinski definition) is 1. The summed E-state index contributed by atoms with van der Waals surface area (Å²) >= 11 is 0. The Morgan fingerprint density at radius 1 is 1.62 bits per heavy atom. The highest BCUT2D eigenvalue weighted by Gasteiger charge is 2.04. The fourth-order valence-electron chi connectivity index (χ4n) is 1.36. The van der Waals surface area contributed by atoms with Crippen molar-refractivity contribution < 1.29 is 9.53 Å². The number of esters is 1. The lowest BCUT2D eigenvalue weighted by Gasteiger charge is -2.04. The number of nitrogens with zero attached hydrogens (tertiary/aromatic N) is 2. The van der Waals surface area contributed by atoms with E-state index in [9.17, 15) is 4.79 Å². The highest BCUT2D eigenvalue weighted by atomic mass is 16.5. The van der Waals surface area contributed by atoms with Crippen LogP contribution in [0.4, 0.5) is 0 Å². The number of hydrogen-bond acceptors (Lipinski definition) is 4. The van der Waals surface area contributed by atoms with Gasteiger partial charge in [-0.25, -0.2) is 0 Å². The van der Waals surface area contributed by atoms with Crippen LogP contribution in [-0.4, -0.2) is 28.9 Å². The first-order chi connectivity index (χ1) is 7.65. The molecule has 0 atom stereocenters. The highest BCUT2D eigenvalue weighted by molar-refractivity contribution is 5.69. The first-order valence-electron chi connectivity index (χ1n) is 5.49. The second-order valence-corrected chi connectivity index (χ2v) is 3.61. The Kier molecular flexibility index (Phi) is 4.98. The summed E-state index contributed by atoms with van der Waals surface area (Å²) < 4.78 is 6.66. The zero-order valence-electron chi connectivity index (χ0n) is 10.1. The molecule has 0 amide bonds. The number of carbonyl (C=O) groups excluding carboxylic acids is 1. The predicted octanol–water partition coefficient (Wildman–Crippen LogP) is 0.771. The van der Waals surface area contributed by atoms with Crippen LogP contribution in [-0.2, 0) is 23.1 Å². The summed E-state index contributed by atoms with van der Waals surface area (Å²) in [5, 5.41) is 7.34. The summed E-state index contributed by atoms with van der Waals surface area (Å²) in [5.41, 5.74) is 2.30. The van der Waals surface area contributed by atoms with Gasteiger partial charge in [-0.1, -0.05) is 0 Å². The minimum atomic E-state index is -0.155. The van der Waals surface area contributed by atoms with E-state index in [4.69, 9.17) is 4.74 Å². The number of carbonyl (C=O) groups is 1. The molecule has 0 saturated heterocycles. The summed E-state index contributed by atoms with van der Waals surface area (Å²) in [6.07, 6.45) is 2.25. The fraction of sp³-hybridized carbons (Fsp3) is 0.636. The Hall–Kier alpha value is -1.36. The third-order valence-electron chi connectivity index (χ3n) is 2.46. The van der Waals surface area contributed by atoms with Crippen molar-refractivity contribution >= 4 is 5.97 Å². The molecule has 5 heteroatoms. The van der Waals surface area contributed by atoms with Gasteiger partial charge >= 0.3 is 5.97 Å². The van der Waals surface area contributed by atoms with Gasteiger partial charge in [0.15, 0.2) is 0 Å². The Balaban J connectivity index is 2.21. The number of rotatable bonds is 6. The molecule has 0 aliphatic carbocycles. The summed E-state index contributed by atoms with van der Waals surface area (Å²) in [6, 6.07) is 0. The zero-order valence-corrected chi connectivity index (χ0v) is 10.1. The molecule has 1 aromatic heterocycles. The second kappa shape index (κ2) is 6.27. The molecule has 90 valence electrons. The van der Waals surface area contributed by atoms with E-state index < -0.39 is 0 Å². The minimum absolute atomic E-state index is 0.155. The van der Waals surface area contributed by atoms with Crippen molar-refractivity contribution in [2.45, 2.75) is 26.8 Å². The van der Waals surface area contributed by atoms with Gasteiger partial charge in [-0.15, -0.1) is 0 Å². The predicted molar refractivity (Wildman–Crippen MR) is 60.9 cm³/mol. The van der Waals surface area contributed by atoms with Crippen molar-refractivity contribution in [3.05, 3.63) is 17.5 Å². The molecule has 0 radical (unpaired) electrons. The van der Waals surface area contributed by atoms with Crippen LogP contribution in [0.15, 0.2) is 6.20 Å². The number of aryl methyl sites for hydroxylation is 1. The van der Waals surface area contributed by atoms with Crippen molar-refractivity contribution in [1.82, 2.24) is 15.1 Å². The standard InChI is InChI=1S/C11H19N3O2/c1-4-16-11(15)5-6-12-7-10-8-13-14(3)9(10)2/h8,12H,4-7H2,1-3H3. The molecule has 0 saturated carbocycles. The first-order valence-corrected chi connectivity index (χ1v) is 5.49. The summed E-state index contributed by atoms with van der Waals surface area (Å²) in [4.78, 5) is 11.0. The van der Waals surface area contributed by atoms with E-state index in [1.54, 1.807) is 0 Å². The average molecular weight is 225 g/mol. The number of ether oxygens (including phenoxy) is 1. The molecule has 0 aliphatic rings. The van der Waals surface area contributed by atoms with E-state index >= 15 is 0 Å². The molecule has 5 nitrogen and oxygen atoms in total. The largest absolute Gasteiger partial charge is 0.466 e. The van der Waals surface area contributed by atoms with Crippen molar-refractivity contribution in [1.29, 1.82) is 0 Å². The Bertz CT molecular complexity index is 347. The minimum Gasteiger partial charge on any atom is -0.466 e. The number of nitrogens with one attached hydrogen (secondary N) is 1. The lowest BCUT2D eigenvalue weighted by molar-refractivity contribution is -0.142. The van der Waals surface area contributed by atoms with Gasteiger partial charge in [0.2, 0.25) is 0 Å². The molecular formula is C11H19N3O2. The van der Waals surface area contributed by atoms with Gasteiger partial charge in [0.1, 0.15) is 0 Å². The van der Waals surface area contributed by atoms with Gasteiger partial charge in [-0.2, -0.15) is 5.10 Å². The summed E-state index contributed by atoms with van der Waals surface area (Å²) in [7, 11) is 1.91. The van der Waals surface area contributed by atoms with E-state index in [-0.39, 0.29) is 5.97 Å². The van der Waals surface area contributed by atoms with Gasteiger partial charge < -0.3 is 10.1 Å². The monoisotopic (exact) mass is 225 g/mol. The van der Waals surface area contributed by atoms with Crippen LogP contribution < -0.4 is 5.32 Å². The molecule has 0 aliphatic heterocycles. The molecule has 1 heterocycles. The Morgan fingerprint density at radius 2 is 2.38 bits per heavy atom. The maximum atomic E-state index is 11.0. The molecule has 1 N–H and O–H groups in total. The van der Waals surface area contributed by atoms with Crippen LogP contribution in [0.1, 0.15) is 24.6 Å². The van der Waals surface area contributed by atoms with Crippen LogP contribution in [0.5, 0.6) is 0 Å². The molecule has 0 spiro atoms. The van der Waals surface area contributed by atoms with Crippen LogP contribution >= 0.6 is 0 Å². The molecule has 1 aromatic rings. The molecule has 0 unspecified atom stereocenters. The maximum absolute atomic E-state index is 11.0. The Morgan fingerprint density at radius 3 is 2.94 bits per heavy atom. The third kappa shape index (κ3) is 3.66. The van der Waals surface area contributed by atoms with Crippen LogP contribution in [0.3, 0.4) is 0 Å². The summed E-state index contributed by atoms with van der Waals surface area (Å²) in [6.45, 7) is 5.65. The zero-order chi connectivity index (χ0) is 12.0. The maximum Gasteiger partial charge on any atom is 0.307 e. The normalized spacial score (nSPS) is 10.4. The molecule has 0 fully saturated rings. The van der Waals surface area contributed by atoms with Crippen molar-refractivity contribution in [3.8, 4) is 0 Å². The topological polar surface area (TPSA) is 56.1 Å². The molecule has 0 bridgehead atoms. The van der Waals surface area contributed by atoms with E-state index in [0.29, 0.717) is 19.6 Å². The van der Waals surface area contributed by atoms with Gasteiger partial charge in [-0.3, -0.25) is 9.48 Å². The van der Waals surface area contributed by atoms with Crippen LogP contribution in [0, 0.1) is 6.92 Å². The Labute approximate surface area is 95.8 Å².